The van der Waals surface area contributed by atoms with Crippen LogP contribution in [0.1, 0.15) is 21.8 Å². The number of carbonyl (C=O) groups is 1. The second-order valence-corrected chi connectivity index (χ2v) is 8.62. The molecule has 1 amide bonds. The summed E-state index contributed by atoms with van der Waals surface area (Å²) < 4.78 is 27.4. The Morgan fingerprint density at radius 1 is 1.38 bits per heavy atom. The number of carbonyl (C=O) groups excluding carboxylic acids is 1. The highest BCUT2D eigenvalue weighted by molar-refractivity contribution is 7.89. The van der Waals surface area contributed by atoms with Gasteiger partial charge in [0.15, 0.2) is 0 Å². The Labute approximate surface area is 163 Å². The second-order valence-electron chi connectivity index (χ2n) is 5.92. The molecule has 0 bridgehead atoms. The number of thiazole rings is 1. The van der Waals surface area contributed by atoms with Crippen LogP contribution in [0.15, 0.2) is 40.7 Å². The number of amides is 1. The number of hydrogen-bond donors (Lipinski definition) is 2. The van der Waals surface area contributed by atoms with Gasteiger partial charge in [0.1, 0.15) is 5.01 Å². The summed E-state index contributed by atoms with van der Waals surface area (Å²) in [6.07, 6.45) is 2.47. The van der Waals surface area contributed by atoms with E-state index in [1.54, 1.807) is 30.3 Å². The summed E-state index contributed by atoms with van der Waals surface area (Å²) in [5.41, 5.74) is 0.445. The van der Waals surface area contributed by atoms with E-state index in [0.29, 0.717) is 18.7 Å². The zero-order chi connectivity index (χ0) is 17.9. The molecule has 2 aromatic rings. The Hall–Kier alpha value is -1.52. The SMILES string of the molecule is CN(Cc1nccs1)C(=O)c1ccc(S(=O)(=O)N[C@@H]2CCNC2)cc1.Cl. The molecule has 3 rings (SSSR count). The minimum absolute atomic E-state index is 0. The van der Waals surface area contributed by atoms with Crippen molar-refractivity contribution in [2.45, 2.75) is 23.9 Å². The van der Waals surface area contributed by atoms with Crippen molar-refractivity contribution in [1.29, 1.82) is 0 Å². The first-order chi connectivity index (χ1) is 12.0. The normalized spacial score (nSPS) is 16.9. The van der Waals surface area contributed by atoms with Crippen LogP contribution in [0, 0.1) is 0 Å². The first-order valence-corrected chi connectivity index (χ1v) is 10.3. The molecule has 1 aliphatic heterocycles. The monoisotopic (exact) mass is 416 g/mol. The van der Waals surface area contributed by atoms with Gasteiger partial charge in [-0.05, 0) is 37.2 Å². The zero-order valence-electron chi connectivity index (χ0n) is 14.2. The van der Waals surface area contributed by atoms with E-state index in [1.807, 2.05) is 5.38 Å². The van der Waals surface area contributed by atoms with E-state index in [1.165, 1.54) is 23.5 Å². The highest BCUT2D eigenvalue weighted by Gasteiger charge is 2.23. The predicted octanol–water partition coefficient (Wildman–Crippen LogP) is 1.48. The average Bonchev–Trinajstić information content (AvgIpc) is 3.28. The van der Waals surface area contributed by atoms with Gasteiger partial charge in [0.2, 0.25) is 10.0 Å². The number of nitrogens with one attached hydrogen (secondary N) is 2. The number of halogens is 1. The third kappa shape index (κ3) is 5.01. The van der Waals surface area contributed by atoms with Crippen LogP contribution in [-0.2, 0) is 16.6 Å². The molecular formula is C16H21ClN4O3S2. The van der Waals surface area contributed by atoms with E-state index in [2.05, 4.69) is 15.0 Å². The quantitative estimate of drug-likeness (QED) is 0.744. The molecule has 0 spiro atoms. The summed E-state index contributed by atoms with van der Waals surface area (Å²) in [6.45, 7) is 1.87. The predicted molar refractivity (Wildman–Crippen MR) is 103 cm³/mol. The Morgan fingerprint density at radius 3 is 2.69 bits per heavy atom. The number of aromatic nitrogens is 1. The summed E-state index contributed by atoms with van der Waals surface area (Å²) in [4.78, 5) is 18.3. The minimum Gasteiger partial charge on any atom is -0.335 e. The van der Waals surface area contributed by atoms with Gasteiger partial charge in [0, 0.05) is 36.8 Å². The Balaban J connectivity index is 0.00000243. The average molecular weight is 417 g/mol. The molecule has 1 atom stereocenters. The third-order valence-electron chi connectivity index (χ3n) is 4.00. The fourth-order valence-corrected chi connectivity index (χ4v) is 4.58. The maximum atomic E-state index is 12.4. The van der Waals surface area contributed by atoms with Crippen LogP contribution in [0.3, 0.4) is 0 Å². The maximum Gasteiger partial charge on any atom is 0.253 e. The van der Waals surface area contributed by atoms with Crippen molar-refractivity contribution in [2.24, 2.45) is 0 Å². The smallest absolute Gasteiger partial charge is 0.253 e. The highest BCUT2D eigenvalue weighted by Crippen LogP contribution is 2.15. The molecule has 142 valence electrons. The summed E-state index contributed by atoms with van der Waals surface area (Å²) in [6, 6.07) is 5.94. The van der Waals surface area contributed by atoms with Crippen LogP contribution in [0.5, 0.6) is 0 Å². The molecule has 0 aliphatic carbocycles. The fourth-order valence-electron chi connectivity index (χ4n) is 2.65. The van der Waals surface area contributed by atoms with Gasteiger partial charge in [-0.15, -0.1) is 23.7 Å². The Bertz CT molecular complexity index is 820. The lowest BCUT2D eigenvalue weighted by Gasteiger charge is -2.16. The molecule has 2 heterocycles. The van der Waals surface area contributed by atoms with Crippen LogP contribution in [0.4, 0.5) is 0 Å². The van der Waals surface area contributed by atoms with Crippen LogP contribution >= 0.6 is 23.7 Å². The first-order valence-electron chi connectivity index (χ1n) is 7.92. The van der Waals surface area contributed by atoms with Gasteiger partial charge >= 0.3 is 0 Å². The van der Waals surface area contributed by atoms with Crippen molar-refractivity contribution in [3.05, 3.63) is 46.4 Å². The van der Waals surface area contributed by atoms with Crippen molar-refractivity contribution in [2.75, 3.05) is 20.1 Å². The summed E-state index contributed by atoms with van der Waals surface area (Å²) in [5.74, 6) is -0.174. The van der Waals surface area contributed by atoms with E-state index in [-0.39, 0.29) is 29.3 Å². The molecule has 1 fully saturated rings. The third-order valence-corrected chi connectivity index (χ3v) is 6.30. The zero-order valence-corrected chi connectivity index (χ0v) is 16.7. The Morgan fingerprint density at radius 2 is 2.12 bits per heavy atom. The fraction of sp³-hybridized carbons (Fsp3) is 0.375. The molecule has 1 aromatic carbocycles. The molecule has 1 saturated heterocycles. The van der Waals surface area contributed by atoms with Crippen LogP contribution in [0.25, 0.3) is 0 Å². The van der Waals surface area contributed by atoms with Gasteiger partial charge in [0.05, 0.1) is 11.4 Å². The van der Waals surface area contributed by atoms with Gasteiger partial charge in [-0.3, -0.25) is 4.79 Å². The van der Waals surface area contributed by atoms with Crippen molar-refractivity contribution in [3.63, 3.8) is 0 Å². The van der Waals surface area contributed by atoms with Gasteiger partial charge in [-0.2, -0.15) is 0 Å². The lowest BCUT2D eigenvalue weighted by atomic mass is 10.2. The molecule has 1 aromatic heterocycles. The van der Waals surface area contributed by atoms with E-state index in [4.69, 9.17) is 0 Å². The van der Waals surface area contributed by atoms with Crippen LogP contribution in [-0.4, -0.2) is 50.4 Å². The van der Waals surface area contributed by atoms with Gasteiger partial charge in [-0.1, -0.05) is 0 Å². The highest BCUT2D eigenvalue weighted by atomic mass is 35.5. The van der Waals surface area contributed by atoms with Crippen molar-refractivity contribution in [3.8, 4) is 0 Å². The molecule has 10 heteroatoms. The standard InChI is InChI=1S/C16H20N4O3S2.ClH/c1-20(11-15-18-8-9-24-15)16(21)12-2-4-14(5-3-12)25(22,23)19-13-6-7-17-10-13;/h2-5,8-9,13,17,19H,6-7,10-11H2,1H3;1H/t13-;/m1./s1. The minimum atomic E-state index is -3.57. The topological polar surface area (TPSA) is 91.4 Å². The summed E-state index contributed by atoms with van der Waals surface area (Å²) in [7, 11) is -1.87. The van der Waals surface area contributed by atoms with E-state index in [9.17, 15) is 13.2 Å². The van der Waals surface area contributed by atoms with Crippen molar-refractivity contribution >= 4 is 39.7 Å². The van der Waals surface area contributed by atoms with Gasteiger partial charge in [0.25, 0.3) is 5.91 Å². The first kappa shape index (κ1) is 20.8. The van der Waals surface area contributed by atoms with E-state index in [0.717, 1.165) is 18.0 Å². The largest absolute Gasteiger partial charge is 0.335 e. The molecular weight excluding hydrogens is 396 g/mol. The number of rotatable bonds is 6. The van der Waals surface area contributed by atoms with Crippen molar-refractivity contribution in [1.82, 2.24) is 19.9 Å². The lowest BCUT2D eigenvalue weighted by Crippen LogP contribution is -2.36. The van der Waals surface area contributed by atoms with E-state index >= 15 is 0 Å². The van der Waals surface area contributed by atoms with Gasteiger partial charge in [-0.25, -0.2) is 18.1 Å². The number of nitrogens with zero attached hydrogens (tertiary/aromatic N) is 2. The van der Waals surface area contributed by atoms with E-state index < -0.39 is 10.0 Å². The Kier molecular flexibility index (Phi) is 7.13. The maximum absolute atomic E-state index is 12.4. The van der Waals surface area contributed by atoms with Crippen molar-refractivity contribution < 1.29 is 13.2 Å². The molecule has 0 radical (unpaired) electrons. The van der Waals surface area contributed by atoms with Gasteiger partial charge < -0.3 is 10.2 Å². The summed E-state index contributed by atoms with van der Waals surface area (Å²) >= 11 is 1.49. The number of hydrogen-bond acceptors (Lipinski definition) is 6. The van der Waals surface area contributed by atoms with Crippen LogP contribution in [0.2, 0.25) is 0 Å². The lowest BCUT2D eigenvalue weighted by molar-refractivity contribution is 0.0785. The molecule has 26 heavy (non-hydrogen) atoms. The number of sulfonamides is 1. The molecule has 0 saturated carbocycles. The molecule has 1 aliphatic rings. The summed E-state index contributed by atoms with van der Waals surface area (Å²) in [5, 5.41) is 5.83. The van der Waals surface area contributed by atoms with Crippen LogP contribution < -0.4 is 10.0 Å². The molecule has 0 unspecified atom stereocenters. The molecule has 7 nitrogen and oxygen atoms in total. The second kappa shape index (κ2) is 8.92. The molecule has 2 N–H and O–H groups in total. The number of benzene rings is 1.